The number of aliphatic hydroxyl groups excluding tert-OH is 1. The number of aromatic nitrogens is 1. The lowest BCUT2D eigenvalue weighted by molar-refractivity contribution is 0.280. The number of pyridine rings is 1. The summed E-state index contributed by atoms with van der Waals surface area (Å²) in [6, 6.07) is 6.81. The number of hydrogen-bond acceptors (Lipinski definition) is 2. The van der Waals surface area contributed by atoms with Crippen LogP contribution in [-0.2, 0) is 6.61 Å². The first-order valence-electron chi connectivity index (χ1n) is 4.89. The van der Waals surface area contributed by atoms with E-state index in [0.29, 0.717) is 15.6 Å². The van der Waals surface area contributed by atoms with Gasteiger partial charge in [-0.3, -0.25) is 4.79 Å². The maximum absolute atomic E-state index is 11.3. The Morgan fingerprint density at radius 1 is 1.12 bits per heavy atom. The first-order chi connectivity index (χ1) is 8.11. The smallest absolute Gasteiger partial charge is 0.253 e. The van der Waals surface area contributed by atoms with Crippen LogP contribution in [0.25, 0.3) is 11.1 Å². The molecule has 2 N–H and O–H groups in total. The van der Waals surface area contributed by atoms with E-state index >= 15 is 0 Å². The molecule has 0 radical (unpaired) electrons. The standard InChI is InChI=1S/C12H9Cl2NO2/c13-10-2-1-7(4-11(10)14)8-3-9(6-16)12(17)15-5-8/h1-5,16H,6H2,(H,15,17). The highest BCUT2D eigenvalue weighted by Gasteiger charge is 2.05. The molecule has 5 heteroatoms. The van der Waals surface area contributed by atoms with Gasteiger partial charge >= 0.3 is 0 Å². The molecule has 0 aliphatic rings. The number of hydrogen-bond donors (Lipinski definition) is 2. The number of benzene rings is 1. The van der Waals surface area contributed by atoms with Gasteiger partial charge in [0.05, 0.1) is 16.7 Å². The number of rotatable bonds is 2. The highest BCUT2D eigenvalue weighted by Crippen LogP contribution is 2.28. The van der Waals surface area contributed by atoms with Crippen molar-refractivity contribution < 1.29 is 5.11 Å². The Labute approximate surface area is 108 Å². The second-order valence-corrected chi connectivity index (χ2v) is 4.34. The second-order valence-electron chi connectivity index (χ2n) is 3.53. The fourth-order valence-corrected chi connectivity index (χ4v) is 1.79. The Morgan fingerprint density at radius 2 is 1.88 bits per heavy atom. The molecule has 0 aliphatic carbocycles. The summed E-state index contributed by atoms with van der Waals surface area (Å²) in [5.74, 6) is 0. The van der Waals surface area contributed by atoms with Crippen LogP contribution in [0.1, 0.15) is 5.56 Å². The van der Waals surface area contributed by atoms with Crippen LogP contribution in [0.5, 0.6) is 0 Å². The molecule has 0 unspecified atom stereocenters. The van der Waals surface area contributed by atoms with Gasteiger partial charge in [-0.15, -0.1) is 0 Å². The fourth-order valence-electron chi connectivity index (χ4n) is 1.49. The van der Waals surface area contributed by atoms with Crippen LogP contribution in [0.15, 0.2) is 35.3 Å². The second kappa shape index (κ2) is 4.92. The molecule has 3 nitrogen and oxygen atoms in total. The molecule has 0 bridgehead atoms. The van der Waals surface area contributed by atoms with Gasteiger partial charge in [0, 0.05) is 11.8 Å². The van der Waals surface area contributed by atoms with E-state index in [1.807, 2.05) is 0 Å². The van der Waals surface area contributed by atoms with E-state index in [0.717, 1.165) is 11.1 Å². The molecule has 0 amide bonds. The molecule has 1 heterocycles. The zero-order valence-corrected chi connectivity index (χ0v) is 10.2. The Hall–Kier alpha value is -1.29. The van der Waals surface area contributed by atoms with E-state index in [4.69, 9.17) is 28.3 Å². The van der Waals surface area contributed by atoms with Crippen molar-refractivity contribution in [3.8, 4) is 11.1 Å². The highest BCUT2D eigenvalue weighted by atomic mass is 35.5. The van der Waals surface area contributed by atoms with Gasteiger partial charge in [0.2, 0.25) is 0 Å². The largest absolute Gasteiger partial charge is 0.391 e. The molecule has 2 rings (SSSR count). The maximum Gasteiger partial charge on any atom is 0.253 e. The van der Waals surface area contributed by atoms with Crippen molar-refractivity contribution in [2.75, 3.05) is 0 Å². The normalized spacial score (nSPS) is 10.5. The molecule has 1 aromatic heterocycles. The summed E-state index contributed by atoms with van der Waals surface area (Å²) in [6.45, 7) is -0.301. The van der Waals surface area contributed by atoms with Gasteiger partial charge < -0.3 is 10.1 Å². The first kappa shape index (κ1) is 12.2. The van der Waals surface area contributed by atoms with Crippen molar-refractivity contribution >= 4 is 23.2 Å². The van der Waals surface area contributed by atoms with Crippen LogP contribution in [0.4, 0.5) is 0 Å². The molecule has 88 valence electrons. The zero-order valence-electron chi connectivity index (χ0n) is 8.71. The maximum atomic E-state index is 11.3. The Bertz CT molecular complexity index is 608. The molecular weight excluding hydrogens is 261 g/mol. The number of aliphatic hydroxyl groups is 1. The van der Waals surface area contributed by atoms with Crippen molar-refractivity contribution in [1.29, 1.82) is 0 Å². The summed E-state index contributed by atoms with van der Waals surface area (Å²) in [7, 11) is 0. The van der Waals surface area contributed by atoms with Gasteiger partial charge in [0.15, 0.2) is 0 Å². The summed E-state index contributed by atoms with van der Waals surface area (Å²) in [5, 5.41) is 9.94. The quantitative estimate of drug-likeness (QED) is 0.881. The van der Waals surface area contributed by atoms with Gasteiger partial charge in [-0.05, 0) is 29.3 Å². The predicted octanol–water partition coefficient (Wildman–Crippen LogP) is 2.84. The van der Waals surface area contributed by atoms with Gasteiger partial charge in [-0.2, -0.15) is 0 Å². The lowest BCUT2D eigenvalue weighted by Gasteiger charge is -2.04. The summed E-state index contributed by atoms with van der Waals surface area (Å²) in [5.41, 5.74) is 1.61. The molecule has 17 heavy (non-hydrogen) atoms. The molecule has 0 fully saturated rings. The van der Waals surface area contributed by atoms with Crippen LogP contribution >= 0.6 is 23.2 Å². The minimum atomic E-state index is -0.301. The first-order valence-corrected chi connectivity index (χ1v) is 5.65. The monoisotopic (exact) mass is 269 g/mol. The molecule has 2 aromatic rings. The van der Waals surface area contributed by atoms with Gasteiger partial charge in [0.25, 0.3) is 5.56 Å². The molecule has 0 aliphatic heterocycles. The van der Waals surface area contributed by atoms with Crippen LogP contribution in [0.2, 0.25) is 10.0 Å². The van der Waals surface area contributed by atoms with Crippen LogP contribution in [0.3, 0.4) is 0 Å². The van der Waals surface area contributed by atoms with Crippen molar-refractivity contribution in [1.82, 2.24) is 4.98 Å². The number of nitrogens with one attached hydrogen (secondary N) is 1. The minimum absolute atomic E-state index is 0.295. The Morgan fingerprint density at radius 3 is 2.53 bits per heavy atom. The van der Waals surface area contributed by atoms with Gasteiger partial charge in [-0.25, -0.2) is 0 Å². The molecule has 1 aromatic carbocycles. The fraction of sp³-hybridized carbons (Fsp3) is 0.0833. The highest BCUT2D eigenvalue weighted by molar-refractivity contribution is 6.42. The van der Waals surface area contributed by atoms with Crippen molar-refractivity contribution in [3.63, 3.8) is 0 Å². The number of aromatic amines is 1. The summed E-state index contributed by atoms with van der Waals surface area (Å²) in [4.78, 5) is 13.9. The number of H-pyrrole nitrogens is 1. The van der Waals surface area contributed by atoms with Crippen LogP contribution in [-0.4, -0.2) is 10.1 Å². The summed E-state index contributed by atoms with van der Waals surface area (Å²) >= 11 is 11.7. The third-order valence-electron chi connectivity index (χ3n) is 2.40. The van der Waals surface area contributed by atoms with Gasteiger partial charge in [0.1, 0.15) is 0 Å². The zero-order chi connectivity index (χ0) is 12.4. The topological polar surface area (TPSA) is 53.1 Å². The van der Waals surface area contributed by atoms with E-state index in [1.54, 1.807) is 30.5 Å². The van der Waals surface area contributed by atoms with E-state index in [-0.39, 0.29) is 12.2 Å². The van der Waals surface area contributed by atoms with E-state index in [1.165, 1.54) is 0 Å². The lowest BCUT2D eigenvalue weighted by Crippen LogP contribution is -2.11. The molecule has 0 spiro atoms. The Balaban J connectivity index is 2.53. The molecular formula is C12H9Cl2NO2. The predicted molar refractivity (Wildman–Crippen MR) is 68.4 cm³/mol. The SMILES string of the molecule is O=c1[nH]cc(-c2ccc(Cl)c(Cl)c2)cc1CO. The van der Waals surface area contributed by atoms with E-state index in [2.05, 4.69) is 4.98 Å². The number of halogens is 2. The Kier molecular flexibility index (Phi) is 3.52. The lowest BCUT2D eigenvalue weighted by atomic mass is 10.1. The van der Waals surface area contributed by atoms with Crippen LogP contribution < -0.4 is 5.56 Å². The average Bonchev–Trinajstić information content (AvgIpc) is 2.33. The summed E-state index contributed by atoms with van der Waals surface area (Å²) in [6.07, 6.45) is 1.57. The van der Waals surface area contributed by atoms with Gasteiger partial charge in [-0.1, -0.05) is 29.3 Å². The summed E-state index contributed by atoms with van der Waals surface area (Å²) < 4.78 is 0. The third kappa shape index (κ3) is 2.52. The van der Waals surface area contributed by atoms with Crippen molar-refractivity contribution in [3.05, 3.63) is 56.4 Å². The molecule has 0 saturated carbocycles. The average molecular weight is 270 g/mol. The van der Waals surface area contributed by atoms with Crippen molar-refractivity contribution in [2.45, 2.75) is 6.61 Å². The molecule has 0 saturated heterocycles. The van der Waals surface area contributed by atoms with E-state index < -0.39 is 0 Å². The third-order valence-corrected chi connectivity index (χ3v) is 3.14. The van der Waals surface area contributed by atoms with Crippen LogP contribution in [0, 0.1) is 0 Å². The molecule has 0 atom stereocenters. The van der Waals surface area contributed by atoms with Crippen molar-refractivity contribution in [2.24, 2.45) is 0 Å². The van der Waals surface area contributed by atoms with E-state index in [9.17, 15) is 4.79 Å². The minimum Gasteiger partial charge on any atom is -0.391 e.